The zero-order valence-corrected chi connectivity index (χ0v) is 39.5. The first-order valence-corrected chi connectivity index (χ1v) is 26.2. The summed E-state index contributed by atoms with van der Waals surface area (Å²) in [4.78, 5) is 54.2. The third-order valence-corrected chi connectivity index (χ3v) is 11.9. The van der Waals surface area contributed by atoms with Gasteiger partial charge in [0.2, 0.25) is 0 Å². The average Bonchev–Trinajstić information content (AvgIpc) is 3.23. The number of aliphatic hydroxyl groups is 4. The van der Waals surface area contributed by atoms with Crippen molar-refractivity contribution in [2.24, 2.45) is 0 Å². The lowest BCUT2D eigenvalue weighted by molar-refractivity contribution is -0.216. The molecule has 0 amide bonds. The Balaban J connectivity index is 2.64. The van der Waals surface area contributed by atoms with Crippen LogP contribution < -0.4 is 0 Å². The van der Waals surface area contributed by atoms with Gasteiger partial charge in [-0.3, -0.25) is 23.2 Å². The Labute approximate surface area is 376 Å². The van der Waals surface area contributed by atoms with Gasteiger partial charge in [-0.05, 0) is 51.4 Å². The second-order valence-corrected chi connectivity index (χ2v) is 18.7. The summed E-state index contributed by atoms with van der Waals surface area (Å²) in [5.41, 5.74) is 0. The van der Waals surface area contributed by atoms with E-state index in [0.29, 0.717) is 19.3 Å². The lowest BCUT2D eigenvalue weighted by Crippen LogP contribution is -2.64. The van der Waals surface area contributed by atoms with E-state index in [1.54, 1.807) is 0 Å². The van der Waals surface area contributed by atoms with Crippen molar-refractivity contribution in [3.05, 3.63) is 48.6 Å². The van der Waals surface area contributed by atoms with Gasteiger partial charge in [0.05, 0.1) is 6.61 Å². The van der Waals surface area contributed by atoms with Gasteiger partial charge < -0.3 is 44.6 Å². The van der Waals surface area contributed by atoms with Crippen molar-refractivity contribution in [2.45, 2.75) is 211 Å². The number of rotatable bonds is 38. The Hall–Kier alpha value is -2.04. The highest BCUT2D eigenvalue weighted by Crippen LogP contribution is 2.49. The summed E-state index contributed by atoms with van der Waals surface area (Å²) < 4.78 is 49.3. The van der Waals surface area contributed by atoms with Crippen molar-refractivity contribution in [2.75, 3.05) is 13.2 Å². The van der Waals surface area contributed by atoms with E-state index in [0.717, 1.165) is 51.4 Å². The summed E-state index contributed by atoms with van der Waals surface area (Å²) in [5.74, 6) is -1.27. The molecule has 16 nitrogen and oxygen atoms in total. The fourth-order valence-corrected chi connectivity index (χ4v) is 8.32. The molecule has 1 fully saturated rings. The predicted octanol–water partition coefficient (Wildman–Crippen LogP) is 8.51. The maximum Gasteiger partial charge on any atom is 0.472 e. The SMILES string of the molecule is CCCCCC=CCC=CCC=CCC=CCCCC(=O)OCC(COP(=O)(O)OC1C(O)C(O)C(O)C(OP(=O)(O)O)C1O)OC(=O)CCCCCCCCCCCCCCC. The molecule has 8 unspecified atom stereocenters. The van der Waals surface area contributed by atoms with E-state index < -0.39 is 83.5 Å². The van der Waals surface area contributed by atoms with E-state index in [4.69, 9.17) is 28.3 Å². The number of carbonyl (C=O) groups excluding carboxylic acids is 2. The summed E-state index contributed by atoms with van der Waals surface area (Å²) in [6, 6.07) is 0. The van der Waals surface area contributed by atoms with Gasteiger partial charge in [-0.2, -0.15) is 0 Å². The molecule has 0 heterocycles. The minimum Gasteiger partial charge on any atom is -0.462 e. The second-order valence-electron chi connectivity index (χ2n) is 16.1. The fraction of sp³-hybridized carbons (Fsp3) is 0.778. The van der Waals surface area contributed by atoms with Crippen LogP contribution in [0.1, 0.15) is 168 Å². The molecule has 8 atom stereocenters. The minimum absolute atomic E-state index is 0.0339. The van der Waals surface area contributed by atoms with Crippen LogP contribution in [0.2, 0.25) is 0 Å². The highest BCUT2D eigenvalue weighted by atomic mass is 31.2. The number of allylic oxidation sites excluding steroid dienone is 8. The Kier molecular flexibility index (Phi) is 33.8. The number of hydrogen-bond donors (Lipinski definition) is 7. The van der Waals surface area contributed by atoms with Crippen LogP contribution in [0.3, 0.4) is 0 Å². The van der Waals surface area contributed by atoms with Gasteiger partial charge in [0, 0.05) is 12.8 Å². The Morgan fingerprint density at radius 2 is 0.937 bits per heavy atom. The van der Waals surface area contributed by atoms with Crippen LogP contribution in [0, 0.1) is 0 Å². The molecule has 0 radical (unpaired) electrons. The molecular weight excluding hydrogens is 858 g/mol. The summed E-state index contributed by atoms with van der Waals surface area (Å²) in [6.45, 7) is 3.02. The third-order valence-electron chi connectivity index (χ3n) is 10.4. The zero-order valence-electron chi connectivity index (χ0n) is 37.7. The molecule has 0 bridgehead atoms. The Morgan fingerprint density at radius 3 is 1.44 bits per heavy atom. The maximum absolute atomic E-state index is 13.0. The molecule has 1 saturated carbocycles. The smallest absolute Gasteiger partial charge is 0.462 e. The first-order chi connectivity index (χ1) is 30.1. The van der Waals surface area contributed by atoms with E-state index in [2.05, 4.69) is 54.8 Å². The van der Waals surface area contributed by atoms with E-state index in [1.807, 2.05) is 12.2 Å². The molecule has 1 rings (SSSR count). The van der Waals surface area contributed by atoms with Crippen molar-refractivity contribution >= 4 is 27.6 Å². The molecular formula is C45H80O16P2. The van der Waals surface area contributed by atoms with E-state index in [9.17, 15) is 44.0 Å². The second kappa shape index (κ2) is 36.1. The summed E-state index contributed by atoms with van der Waals surface area (Å²) in [7, 11) is -10.7. The number of unbranched alkanes of at least 4 members (excludes halogenated alkanes) is 16. The Morgan fingerprint density at radius 1 is 0.508 bits per heavy atom. The number of hydrogen-bond acceptors (Lipinski definition) is 13. The number of esters is 2. The van der Waals surface area contributed by atoms with Crippen LogP contribution in [-0.2, 0) is 41.8 Å². The standard InChI is InChI=1S/C45H80O16P2/c1-3-5-7-9-11-13-15-17-18-19-20-22-23-25-27-29-31-33-38(46)57-35-37(59-39(47)34-32-30-28-26-24-21-16-14-12-10-8-6-4-2)36-58-63(55,56)61-45-42(50)40(48)41(49)44(43(45)51)60-62(52,53)54/h11,13,17-18,20,22,25,27,37,40-45,48-51H,3-10,12,14-16,19,21,23-24,26,28-36H2,1-2H3,(H,55,56)(H2,52,53,54). The van der Waals surface area contributed by atoms with Gasteiger partial charge in [-0.25, -0.2) is 9.13 Å². The molecule has 0 aromatic rings. The normalized spacial score (nSPS) is 22.4. The van der Waals surface area contributed by atoms with Crippen LogP contribution in [0.5, 0.6) is 0 Å². The first kappa shape index (κ1) is 59.0. The highest BCUT2D eigenvalue weighted by molar-refractivity contribution is 7.47. The molecule has 63 heavy (non-hydrogen) atoms. The summed E-state index contributed by atoms with van der Waals surface area (Å²) in [6.07, 6.45) is 25.1. The van der Waals surface area contributed by atoms with Gasteiger partial charge in [0.25, 0.3) is 0 Å². The molecule has 0 saturated heterocycles. The number of ether oxygens (including phenoxy) is 2. The average molecular weight is 939 g/mol. The minimum atomic E-state index is -5.37. The number of aliphatic hydroxyl groups excluding tert-OH is 4. The van der Waals surface area contributed by atoms with Crippen LogP contribution in [0.15, 0.2) is 48.6 Å². The first-order valence-electron chi connectivity index (χ1n) is 23.2. The number of phosphoric ester groups is 2. The number of phosphoric acid groups is 2. The van der Waals surface area contributed by atoms with E-state index >= 15 is 0 Å². The number of carbonyl (C=O) groups is 2. The van der Waals surface area contributed by atoms with Gasteiger partial charge in [-0.15, -0.1) is 0 Å². The fourth-order valence-electron chi connectivity index (χ4n) is 6.78. The van der Waals surface area contributed by atoms with Crippen molar-refractivity contribution in [3.63, 3.8) is 0 Å². The molecule has 1 aliphatic rings. The van der Waals surface area contributed by atoms with Crippen molar-refractivity contribution in [1.29, 1.82) is 0 Å². The summed E-state index contributed by atoms with van der Waals surface area (Å²) >= 11 is 0. The maximum atomic E-state index is 13.0. The van der Waals surface area contributed by atoms with Gasteiger partial charge in [0.1, 0.15) is 43.2 Å². The molecule has 366 valence electrons. The Bertz CT molecular complexity index is 1420. The monoisotopic (exact) mass is 938 g/mol. The molecule has 1 aliphatic carbocycles. The lowest BCUT2D eigenvalue weighted by atomic mass is 9.85. The molecule has 0 aliphatic heterocycles. The quantitative estimate of drug-likeness (QED) is 0.0132. The van der Waals surface area contributed by atoms with Crippen LogP contribution >= 0.6 is 15.6 Å². The molecule has 18 heteroatoms. The largest absolute Gasteiger partial charge is 0.472 e. The van der Waals surface area contributed by atoms with Gasteiger partial charge >= 0.3 is 27.6 Å². The predicted molar refractivity (Wildman–Crippen MR) is 241 cm³/mol. The van der Waals surface area contributed by atoms with Crippen LogP contribution in [-0.4, -0.2) is 103 Å². The van der Waals surface area contributed by atoms with Crippen LogP contribution in [0.4, 0.5) is 0 Å². The van der Waals surface area contributed by atoms with Gasteiger partial charge in [-0.1, -0.05) is 152 Å². The third kappa shape index (κ3) is 30.7. The highest BCUT2D eigenvalue weighted by Gasteiger charge is 2.54. The van der Waals surface area contributed by atoms with Gasteiger partial charge in [0.15, 0.2) is 6.10 Å². The molecule has 7 N–H and O–H groups in total. The van der Waals surface area contributed by atoms with Crippen molar-refractivity contribution in [1.82, 2.24) is 0 Å². The van der Waals surface area contributed by atoms with E-state index in [-0.39, 0.29) is 12.8 Å². The van der Waals surface area contributed by atoms with E-state index in [1.165, 1.54) is 70.6 Å². The lowest BCUT2D eigenvalue weighted by Gasteiger charge is -2.43. The van der Waals surface area contributed by atoms with Crippen molar-refractivity contribution < 1.29 is 76.9 Å². The molecule has 0 spiro atoms. The zero-order chi connectivity index (χ0) is 46.8. The summed E-state index contributed by atoms with van der Waals surface area (Å²) in [5, 5.41) is 41.2. The topological polar surface area (TPSA) is 256 Å². The molecule has 0 aromatic heterocycles. The molecule has 0 aromatic carbocycles. The van der Waals surface area contributed by atoms with Crippen LogP contribution in [0.25, 0.3) is 0 Å². The van der Waals surface area contributed by atoms with Crippen molar-refractivity contribution in [3.8, 4) is 0 Å².